The first-order valence-corrected chi connectivity index (χ1v) is 10.1. The lowest BCUT2D eigenvalue weighted by molar-refractivity contribution is -0.153. The lowest BCUT2D eigenvalue weighted by atomic mass is 9.65. The summed E-state index contributed by atoms with van der Waals surface area (Å²) in [7, 11) is -1.20. The van der Waals surface area contributed by atoms with Gasteiger partial charge in [-0.15, -0.1) is 0 Å². The molecule has 1 aliphatic heterocycles. The van der Waals surface area contributed by atoms with Crippen LogP contribution in [0.3, 0.4) is 0 Å². The Morgan fingerprint density at radius 3 is 2.37 bits per heavy atom. The molecule has 1 amide bonds. The summed E-state index contributed by atoms with van der Waals surface area (Å²) < 4.78 is 15.2. The molecule has 1 heterocycles. The third-order valence-corrected chi connectivity index (χ3v) is 4.77. The zero-order chi connectivity index (χ0) is 22.3. The number of hydrogen-bond donors (Lipinski definition) is 1. The van der Waals surface area contributed by atoms with E-state index in [-0.39, 0.29) is 48.5 Å². The maximum atomic E-state index is 12.5. The highest BCUT2D eigenvalue weighted by atomic mass is 35.5. The van der Waals surface area contributed by atoms with Gasteiger partial charge in [0.1, 0.15) is 13.2 Å². The number of halogens is 2. The Balaban J connectivity index is 2.01. The van der Waals surface area contributed by atoms with Crippen LogP contribution in [0.2, 0.25) is 15.9 Å². The second-order valence-corrected chi connectivity index (χ2v) is 8.12. The molecule has 1 aliphatic rings. The molecule has 1 aromatic carbocycles. The minimum atomic E-state index is -1.20. The second kappa shape index (κ2) is 11.3. The highest BCUT2D eigenvalue weighted by molar-refractivity contribution is 6.51. The van der Waals surface area contributed by atoms with Gasteiger partial charge in [0.15, 0.2) is 5.78 Å². The SMILES string of the molecule is CC(C)C[C@H](CC(=O)CNC(=O)c1cc(Cl)ccc1Cl)B1OC(=O)COCC(=O)O1. The van der Waals surface area contributed by atoms with Crippen molar-refractivity contribution in [3.05, 3.63) is 33.8 Å². The first-order valence-electron chi connectivity index (χ1n) is 9.37. The number of hydrogen-bond acceptors (Lipinski definition) is 7. The van der Waals surface area contributed by atoms with Gasteiger partial charge in [-0.3, -0.25) is 19.2 Å². The van der Waals surface area contributed by atoms with Gasteiger partial charge in [-0.1, -0.05) is 37.0 Å². The van der Waals surface area contributed by atoms with Crippen LogP contribution in [-0.4, -0.2) is 50.5 Å². The number of carbonyl (C=O) groups is 4. The molecular formula is C19H22BCl2NO7. The minimum Gasteiger partial charge on any atom is -0.497 e. The summed E-state index contributed by atoms with van der Waals surface area (Å²) in [4.78, 5) is 48.3. The zero-order valence-corrected chi connectivity index (χ0v) is 18.1. The monoisotopic (exact) mass is 457 g/mol. The number of ether oxygens (including phenoxy) is 1. The molecule has 0 aromatic heterocycles. The van der Waals surface area contributed by atoms with Gasteiger partial charge in [-0.25, -0.2) is 0 Å². The van der Waals surface area contributed by atoms with E-state index in [0.717, 1.165) is 0 Å². The Labute approximate surface area is 184 Å². The molecule has 1 saturated heterocycles. The molecule has 11 heteroatoms. The molecule has 1 N–H and O–H groups in total. The quantitative estimate of drug-likeness (QED) is 0.597. The van der Waals surface area contributed by atoms with Gasteiger partial charge in [-0.2, -0.15) is 0 Å². The van der Waals surface area contributed by atoms with Gasteiger partial charge in [0.2, 0.25) is 0 Å². The highest BCUT2D eigenvalue weighted by Gasteiger charge is 2.40. The van der Waals surface area contributed by atoms with Gasteiger partial charge < -0.3 is 19.4 Å². The van der Waals surface area contributed by atoms with E-state index in [2.05, 4.69) is 5.32 Å². The van der Waals surface area contributed by atoms with Crippen molar-refractivity contribution >= 4 is 53.9 Å². The van der Waals surface area contributed by atoms with E-state index in [1.165, 1.54) is 12.1 Å². The van der Waals surface area contributed by atoms with Gasteiger partial charge in [0, 0.05) is 17.3 Å². The lowest BCUT2D eigenvalue weighted by Crippen LogP contribution is -2.41. The first-order chi connectivity index (χ1) is 14.2. The molecule has 0 aliphatic carbocycles. The first kappa shape index (κ1) is 24.2. The van der Waals surface area contributed by atoms with E-state index in [9.17, 15) is 19.2 Å². The van der Waals surface area contributed by atoms with Crippen molar-refractivity contribution < 1.29 is 33.2 Å². The normalized spacial score (nSPS) is 15.7. The summed E-state index contributed by atoms with van der Waals surface area (Å²) in [5.41, 5.74) is 0.151. The topological polar surface area (TPSA) is 108 Å². The predicted molar refractivity (Wildman–Crippen MR) is 110 cm³/mol. The summed E-state index contributed by atoms with van der Waals surface area (Å²) in [5, 5.41) is 3.05. The number of nitrogens with one attached hydrogen (secondary N) is 1. The standard InChI is InChI=1S/C19H22BCl2NO7/c1-11(2)5-12(20-29-17(25)9-28-10-18(26)30-20)6-14(24)8-23-19(27)15-7-13(21)3-4-16(15)22/h3-4,7,11-12H,5-6,8-10H2,1-2H3,(H,23,27)/t12-/m1/s1. The minimum absolute atomic E-state index is 0.0617. The van der Waals surface area contributed by atoms with Gasteiger partial charge >= 0.3 is 19.1 Å². The van der Waals surface area contributed by atoms with Crippen LogP contribution in [0.15, 0.2) is 18.2 Å². The van der Waals surface area contributed by atoms with Crippen LogP contribution < -0.4 is 5.32 Å². The van der Waals surface area contributed by atoms with E-state index in [0.29, 0.717) is 11.4 Å². The van der Waals surface area contributed by atoms with Gasteiger partial charge in [-0.05, 0) is 30.5 Å². The fraction of sp³-hybridized carbons (Fsp3) is 0.474. The maximum Gasteiger partial charge on any atom is 0.602 e. The third kappa shape index (κ3) is 7.62. The number of ketones is 1. The molecule has 1 aromatic rings. The zero-order valence-electron chi connectivity index (χ0n) is 16.6. The average molecular weight is 458 g/mol. The summed E-state index contributed by atoms with van der Waals surface area (Å²) in [6, 6.07) is 4.44. The third-order valence-electron chi connectivity index (χ3n) is 4.20. The van der Waals surface area contributed by atoms with Crippen molar-refractivity contribution in [2.24, 2.45) is 5.92 Å². The average Bonchev–Trinajstić information content (AvgIpc) is 2.65. The van der Waals surface area contributed by atoms with Crippen LogP contribution in [0, 0.1) is 5.92 Å². The molecule has 0 spiro atoms. The van der Waals surface area contributed by atoms with Crippen molar-refractivity contribution in [3.8, 4) is 0 Å². The number of amides is 1. The van der Waals surface area contributed by atoms with E-state index in [1.807, 2.05) is 13.8 Å². The molecule has 0 unspecified atom stereocenters. The molecule has 2 rings (SSSR count). The second-order valence-electron chi connectivity index (χ2n) is 7.28. The molecule has 0 bridgehead atoms. The van der Waals surface area contributed by atoms with Crippen LogP contribution in [0.5, 0.6) is 0 Å². The van der Waals surface area contributed by atoms with Crippen LogP contribution in [0.4, 0.5) is 0 Å². The van der Waals surface area contributed by atoms with E-state index < -0.39 is 30.8 Å². The molecule has 0 saturated carbocycles. The lowest BCUT2D eigenvalue weighted by Gasteiger charge is -2.25. The number of carbonyl (C=O) groups excluding carboxylic acids is 4. The molecule has 162 valence electrons. The molecule has 30 heavy (non-hydrogen) atoms. The Kier molecular flexibility index (Phi) is 9.14. The van der Waals surface area contributed by atoms with E-state index in [4.69, 9.17) is 37.2 Å². The van der Waals surface area contributed by atoms with Crippen molar-refractivity contribution in [1.82, 2.24) is 5.32 Å². The van der Waals surface area contributed by atoms with Crippen molar-refractivity contribution in [1.29, 1.82) is 0 Å². The smallest absolute Gasteiger partial charge is 0.497 e. The Morgan fingerprint density at radius 1 is 1.13 bits per heavy atom. The Hall–Kier alpha value is -2.10. The number of benzene rings is 1. The molecular weight excluding hydrogens is 436 g/mol. The summed E-state index contributed by atoms with van der Waals surface area (Å²) in [6.07, 6.45) is 0.402. The number of Topliss-reactive ketones (excluding diaryl/α,β-unsaturated/α-hetero) is 1. The van der Waals surface area contributed by atoms with Gasteiger partial charge in [0.25, 0.3) is 5.91 Å². The summed E-state index contributed by atoms with van der Waals surface area (Å²) >= 11 is 11.9. The Bertz CT molecular complexity index is 800. The molecule has 8 nitrogen and oxygen atoms in total. The fourth-order valence-corrected chi connectivity index (χ4v) is 3.34. The van der Waals surface area contributed by atoms with Gasteiger partial charge in [0.05, 0.1) is 17.1 Å². The van der Waals surface area contributed by atoms with Crippen molar-refractivity contribution in [3.63, 3.8) is 0 Å². The largest absolute Gasteiger partial charge is 0.602 e. The van der Waals surface area contributed by atoms with E-state index >= 15 is 0 Å². The number of rotatable bonds is 8. The van der Waals surface area contributed by atoms with E-state index in [1.54, 1.807) is 6.07 Å². The molecule has 0 radical (unpaired) electrons. The summed E-state index contributed by atoms with van der Waals surface area (Å²) in [5.74, 6) is -2.65. The van der Waals surface area contributed by atoms with Crippen LogP contribution in [0.1, 0.15) is 37.0 Å². The Morgan fingerprint density at radius 2 is 1.77 bits per heavy atom. The summed E-state index contributed by atoms with van der Waals surface area (Å²) in [6.45, 7) is 2.84. The molecule has 1 fully saturated rings. The van der Waals surface area contributed by atoms with Crippen molar-refractivity contribution in [2.45, 2.75) is 32.5 Å². The molecule has 1 atom stereocenters. The van der Waals surface area contributed by atoms with Crippen molar-refractivity contribution in [2.75, 3.05) is 19.8 Å². The fourth-order valence-electron chi connectivity index (χ4n) is 2.97. The van der Waals surface area contributed by atoms with Crippen LogP contribution in [-0.2, 0) is 28.4 Å². The predicted octanol–water partition coefficient (Wildman–Crippen LogP) is 2.70. The van der Waals surface area contributed by atoms with Crippen LogP contribution >= 0.6 is 23.2 Å². The highest BCUT2D eigenvalue weighted by Crippen LogP contribution is 2.27. The van der Waals surface area contributed by atoms with Crippen LogP contribution in [0.25, 0.3) is 0 Å². The maximum absolute atomic E-state index is 12.5.